The van der Waals surface area contributed by atoms with Crippen LogP contribution >= 0.6 is 0 Å². The van der Waals surface area contributed by atoms with Crippen LogP contribution in [0.15, 0.2) is 16.7 Å². The first-order chi connectivity index (χ1) is 13.1. The van der Waals surface area contributed by atoms with E-state index in [-0.39, 0.29) is 51.4 Å². The van der Waals surface area contributed by atoms with E-state index >= 15 is 0 Å². The topological polar surface area (TPSA) is 74.6 Å². The van der Waals surface area contributed by atoms with Crippen molar-refractivity contribution in [3.05, 3.63) is 22.8 Å². The van der Waals surface area contributed by atoms with Crippen LogP contribution in [0.4, 0.5) is 0 Å². The van der Waals surface area contributed by atoms with Crippen LogP contribution in [0.5, 0.6) is 0 Å². The molecule has 0 saturated heterocycles. The summed E-state index contributed by atoms with van der Waals surface area (Å²) < 4.78 is 0. The summed E-state index contributed by atoms with van der Waals surface area (Å²) in [6, 6.07) is 0. The van der Waals surface area contributed by atoms with Crippen molar-refractivity contribution in [1.82, 2.24) is 0 Å². The molecule has 0 unspecified atom stereocenters. The van der Waals surface area contributed by atoms with E-state index in [0.29, 0.717) is 0 Å². The zero-order chi connectivity index (χ0) is 21.3. The van der Waals surface area contributed by atoms with Crippen molar-refractivity contribution in [2.45, 2.75) is 98.8 Å². The Labute approximate surface area is 204 Å². The summed E-state index contributed by atoms with van der Waals surface area (Å²) >= 11 is 0. The molecule has 2 N–H and O–H groups in total. The van der Waals surface area contributed by atoms with Crippen LogP contribution in [0, 0.1) is 23.3 Å². The summed E-state index contributed by atoms with van der Waals surface area (Å²) in [5.74, 6) is -1.26. The maximum absolute atomic E-state index is 10.4. The summed E-state index contributed by atoms with van der Waals surface area (Å²) in [5, 5.41) is 17.1. The Morgan fingerprint density at radius 3 is 1.27 bits per heavy atom. The van der Waals surface area contributed by atoms with Gasteiger partial charge in [0, 0.05) is 21.7 Å². The summed E-state index contributed by atoms with van der Waals surface area (Å²) in [6.07, 6.45) is 13.9. The van der Waals surface area contributed by atoms with Gasteiger partial charge < -0.3 is 22.6 Å². The monoisotopic (exact) mass is 474 g/mol. The predicted molar refractivity (Wildman–Crippen MR) is 113 cm³/mol. The second kappa shape index (κ2) is 15.3. The molecule has 3 rings (SSSR count). The van der Waals surface area contributed by atoms with E-state index in [4.69, 9.17) is 10.2 Å². The van der Waals surface area contributed by atoms with Gasteiger partial charge >= 0.3 is 11.9 Å². The molecular weight excluding hydrogens is 436 g/mol. The Hall–Kier alpha value is -0.576. The fourth-order valence-corrected chi connectivity index (χ4v) is 4.11. The van der Waals surface area contributed by atoms with E-state index in [1.54, 1.807) is 0 Å². The van der Waals surface area contributed by atoms with E-state index < -0.39 is 11.9 Å². The average Bonchev–Trinajstić information content (AvgIpc) is 2.85. The molecule has 0 amide bonds. The Bertz CT molecular complexity index is 570. The van der Waals surface area contributed by atoms with Crippen molar-refractivity contribution in [2.75, 3.05) is 0 Å². The van der Waals surface area contributed by atoms with Crippen LogP contribution in [0.2, 0.25) is 0 Å². The smallest absolute Gasteiger partial charge is 0.306 e. The Kier molecular flexibility index (Phi) is 16.1. The molecule has 0 atom stereocenters. The van der Waals surface area contributed by atoms with E-state index in [2.05, 4.69) is 40.7 Å². The average molecular weight is 475 g/mol. The number of allylic oxidation sites excluding steroid dienone is 4. The van der Waals surface area contributed by atoms with E-state index in [9.17, 15) is 9.59 Å². The van der Waals surface area contributed by atoms with Gasteiger partial charge in [0.1, 0.15) is 0 Å². The molecule has 4 nitrogen and oxygen atoms in total. The van der Waals surface area contributed by atoms with E-state index in [0.717, 1.165) is 51.4 Å². The normalized spacial score (nSPS) is 20.9. The first-order valence-electron chi connectivity index (χ1n) is 10.8. The molecule has 2 saturated carbocycles. The number of carbonyl (C=O) groups is 2. The summed E-state index contributed by atoms with van der Waals surface area (Å²) in [4.78, 5) is 20.7. The first kappa shape index (κ1) is 31.6. The second-order valence-electron chi connectivity index (χ2n) is 8.97. The molecule has 0 spiro atoms. The quantitative estimate of drug-likeness (QED) is 0.475. The van der Waals surface area contributed by atoms with E-state index in [1.165, 1.54) is 29.6 Å². The van der Waals surface area contributed by atoms with Crippen molar-refractivity contribution in [2.24, 2.45) is 17.3 Å². The minimum atomic E-state index is -0.602. The standard InChI is InChI=1S/C10H15.2C7H12O2.ClH.Ti/c1-7-6-10(4,5)9(3)8(7)2;2*8-7(9)6-4-2-1-3-5-6;;/h1-5H3;2*6H,1-5H2,(H,8,9);1H;/q-1;;;;/p-1. The minimum absolute atomic E-state index is 0. The molecule has 2 fully saturated rings. The SMILES string of the molecule is CC1=[C-]C(C)(C)C(C)=C1C.O=C(O)C1CCCCC1.O=C(O)C1CCCCC1.[Cl-].[Ti]. The number of aliphatic carboxylic acids is 2. The van der Waals surface area contributed by atoms with Crippen molar-refractivity contribution in [1.29, 1.82) is 0 Å². The largest absolute Gasteiger partial charge is 1.00 e. The van der Waals surface area contributed by atoms with Gasteiger partial charge in [0.2, 0.25) is 0 Å². The number of carboxylic acid groups (broad SMARTS) is 2. The fourth-order valence-electron chi connectivity index (χ4n) is 4.11. The Morgan fingerprint density at radius 1 is 0.800 bits per heavy atom. The molecule has 0 radical (unpaired) electrons. The molecule has 0 aromatic carbocycles. The van der Waals surface area contributed by atoms with Crippen molar-refractivity contribution < 1.29 is 53.9 Å². The second-order valence-corrected chi connectivity index (χ2v) is 8.97. The predicted octanol–water partition coefficient (Wildman–Crippen LogP) is 3.42. The van der Waals surface area contributed by atoms with Crippen molar-refractivity contribution in [3.63, 3.8) is 0 Å². The number of rotatable bonds is 2. The molecule has 0 heterocycles. The third kappa shape index (κ3) is 10.6. The minimum Gasteiger partial charge on any atom is -1.00 e. The van der Waals surface area contributed by atoms with Gasteiger partial charge in [-0.15, -0.1) is 6.92 Å². The summed E-state index contributed by atoms with van der Waals surface area (Å²) in [7, 11) is 0. The van der Waals surface area contributed by atoms with Gasteiger partial charge in [0.25, 0.3) is 0 Å². The Morgan fingerprint density at radius 2 is 1.13 bits per heavy atom. The first-order valence-corrected chi connectivity index (χ1v) is 10.8. The molecule has 0 aromatic rings. The van der Waals surface area contributed by atoms with Gasteiger partial charge in [-0.2, -0.15) is 11.1 Å². The molecule has 3 aliphatic carbocycles. The van der Waals surface area contributed by atoms with Crippen LogP contribution < -0.4 is 12.4 Å². The summed E-state index contributed by atoms with van der Waals surface area (Å²) in [6.45, 7) is 10.9. The maximum Gasteiger partial charge on any atom is 0.306 e. The van der Waals surface area contributed by atoms with Crippen molar-refractivity contribution >= 4 is 11.9 Å². The van der Waals surface area contributed by atoms with Crippen molar-refractivity contribution in [3.8, 4) is 0 Å². The molecule has 172 valence electrons. The van der Waals surface area contributed by atoms with Gasteiger partial charge in [0.15, 0.2) is 0 Å². The van der Waals surface area contributed by atoms with Crippen LogP contribution in [0.1, 0.15) is 98.8 Å². The molecule has 0 bridgehead atoms. The zero-order valence-corrected chi connectivity index (χ0v) is 21.6. The van der Waals surface area contributed by atoms with Gasteiger partial charge in [0.05, 0.1) is 11.8 Å². The molecule has 0 aromatic heterocycles. The fraction of sp³-hybridized carbons (Fsp3) is 0.750. The van der Waals surface area contributed by atoms with Crippen LogP contribution in [-0.2, 0) is 31.3 Å². The van der Waals surface area contributed by atoms with Gasteiger partial charge in [-0.05, 0) is 25.7 Å². The number of halogens is 1. The molecule has 6 heteroatoms. The maximum atomic E-state index is 10.4. The number of carboxylic acids is 2. The third-order valence-corrected chi connectivity index (χ3v) is 6.47. The van der Waals surface area contributed by atoms with Gasteiger partial charge in [-0.25, -0.2) is 5.57 Å². The zero-order valence-electron chi connectivity index (χ0n) is 19.3. The molecule has 3 aliphatic rings. The molecule has 30 heavy (non-hydrogen) atoms. The van der Waals surface area contributed by atoms with Crippen LogP contribution in [-0.4, -0.2) is 22.2 Å². The Balaban J connectivity index is 0. The van der Waals surface area contributed by atoms with Crippen LogP contribution in [0.3, 0.4) is 0 Å². The van der Waals surface area contributed by atoms with Gasteiger partial charge in [-0.3, -0.25) is 15.7 Å². The molecule has 0 aliphatic heterocycles. The van der Waals surface area contributed by atoms with Crippen LogP contribution in [0.25, 0.3) is 0 Å². The molecular formula is C24H39ClO4Ti-2. The van der Waals surface area contributed by atoms with E-state index in [1.807, 2.05) is 0 Å². The summed E-state index contributed by atoms with van der Waals surface area (Å²) in [5.41, 5.74) is 4.39. The number of hydrogen-bond acceptors (Lipinski definition) is 2. The number of hydrogen-bond donors (Lipinski definition) is 2. The van der Waals surface area contributed by atoms with Gasteiger partial charge in [-0.1, -0.05) is 71.6 Å². The third-order valence-electron chi connectivity index (χ3n) is 6.47.